The Kier molecular flexibility index (Phi) is 4.17. The van der Waals surface area contributed by atoms with Gasteiger partial charge >= 0.3 is 0 Å². The third kappa shape index (κ3) is 3.24. The molecule has 0 spiro atoms. The molecule has 0 bridgehead atoms. The molecule has 25 heavy (non-hydrogen) atoms. The molecule has 2 aliphatic rings. The summed E-state index contributed by atoms with van der Waals surface area (Å²) < 4.78 is 5.23. The molecule has 8 heteroatoms. The third-order valence-corrected chi connectivity index (χ3v) is 4.84. The quantitative estimate of drug-likeness (QED) is 0.857. The van der Waals surface area contributed by atoms with E-state index in [2.05, 4.69) is 20.4 Å². The zero-order valence-electron chi connectivity index (χ0n) is 13.7. The van der Waals surface area contributed by atoms with Gasteiger partial charge in [-0.05, 0) is 18.6 Å². The molecule has 0 aliphatic carbocycles. The molecular formula is C17H19N5O3. The van der Waals surface area contributed by atoms with E-state index in [0.29, 0.717) is 50.6 Å². The number of aryl methyl sites for hydroxylation is 1. The lowest BCUT2D eigenvalue weighted by Crippen LogP contribution is -2.33. The molecule has 2 aromatic rings. The number of carbonyl (C=O) groups excluding carboxylic acids is 2. The van der Waals surface area contributed by atoms with Gasteiger partial charge in [-0.1, -0.05) is 5.16 Å². The number of nitrogens with one attached hydrogen (secondary N) is 1. The number of carbonyl (C=O) groups is 2. The minimum atomic E-state index is -0.0260. The van der Waals surface area contributed by atoms with Crippen molar-refractivity contribution < 1.29 is 14.1 Å². The molecule has 130 valence electrons. The molecule has 0 saturated carbocycles. The Bertz CT molecular complexity index is 776. The lowest BCUT2D eigenvalue weighted by molar-refractivity contribution is -0.130. The summed E-state index contributed by atoms with van der Waals surface area (Å²) >= 11 is 0. The minimum absolute atomic E-state index is 0.0260. The van der Waals surface area contributed by atoms with E-state index in [0.717, 1.165) is 5.56 Å². The fraction of sp³-hybridized carbons (Fsp3) is 0.471. The van der Waals surface area contributed by atoms with Crippen molar-refractivity contribution in [3.8, 4) is 11.4 Å². The summed E-state index contributed by atoms with van der Waals surface area (Å²) in [5, 5.41) is 6.80. The molecule has 0 aromatic carbocycles. The van der Waals surface area contributed by atoms with E-state index in [1.54, 1.807) is 12.4 Å². The van der Waals surface area contributed by atoms with Crippen LogP contribution in [0.5, 0.6) is 0 Å². The molecule has 0 radical (unpaired) electrons. The van der Waals surface area contributed by atoms with Crippen molar-refractivity contribution in [2.75, 3.05) is 19.6 Å². The molecule has 4 rings (SSSR count). The van der Waals surface area contributed by atoms with Crippen molar-refractivity contribution in [1.82, 2.24) is 25.3 Å². The first-order chi connectivity index (χ1) is 12.2. The second-order valence-corrected chi connectivity index (χ2v) is 6.52. The minimum Gasteiger partial charge on any atom is -0.355 e. The second kappa shape index (κ2) is 6.62. The topological polar surface area (TPSA) is 101 Å². The van der Waals surface area contributed by atoms with E-state index in [4.69, 9.17) is 4.52 Å². The Labute approximate surface area is 144 Å². The summed E-state index contributed by atoms with van der Waals surface area (Å²) in [7, 11) is 0. The van der Waals surface area contributed by atoms with Crippen LogP contribution in [0, 0.1) is 11.8 Å². The SMILES string of the molecule is O=C1NC[C@H]2CN(C(=O)CCCc3nc(-c4cccnc4)no3)C[C@@H]12. The van der Waals surface area contributed by atoms with Crippen molar-refractivity contribution >= 4 is 11.8 Å². The van der Waals surface area contributed by atoms with Gasteiger partial charge in [0.15, 0.2) is 0 Å². The maximum absolute atomic E-state index is 12.3. The molecule has 4 heterocycles. The van der Waals surface area contributed by atoms with E-state index in [1.165, 1.54) is 0 Å². The van der Waals surface area contributed by atoms with Crippen LogP contribution in [0.1, 0.15) is 18.7 Å². The average molecular weight is 341 g/mol. The normalized spacial score (nSPS) is 22.1. The maximum Gasteiger partial charge on any atom is 0.226 e. The van der Waals surface area contributed by atoms with Crippen molar-refractivity contribution in [2.45, 2.75) is 19.3 Å². The number of likely N-dealkylation sites (tertiary alicyclic amines) is 1. The first-order valence-corrected chi connectivity index (χ1v) is 8.49. The summed E-state index contributed by atoms with van der Waals surface area (Å²) in [5.41, 5.74) is 0.801. The maximum atomic E-state index is 12.3. The Morgan fingerprint density at radius 1 is 1.40 bits per heavy atom. The number of fused-ring (bicyclic) bond motifs is 1. The molecular weight excluding hydrogens is 322 g/mol. The van der Waals surface area contributed by atoms with Crippen LogP contribution in [0.15, 0.2) is 29.0 Å². The number of hydrogen-bond acceptors (Lipinski definition) is 6. The van der Waals surface area contributed by atoms with Crippen LogP contribution in [0.4, 0.5) is 0 Å². The molecule has 2 saturated heterocycles. The highest BCUT2D eigenvalue weighted by atomic mass is 16.5. The number of hydrogen-bond donors (Lipinski definition) is 1. The van der Waals surface area contributed by atoms with Gasteiger partial charge in [0.1, 0.15) is 0 Å². The summed E-state index contributed by atoms with van der Waals surface area (Å²) in [6, 6.07) is 3.68. The summed E-state index contributed by atoms with van der Waals surface area (Å²) in [4.78, 5) is 34.2. The van der Waals surface area contributed by atoms with Crippen LogP contribution in [0.25, 0.3) is 11.4 Å². The first-order valence-electron chi connectivity index (χ1n) is 8.49. The Morgan fingerprint density at radius 3 is 3.12 bits per heavy atom. The number of aromatic nitrogens is 3. The number of amides is 2. The van der Waals surface area contributed by atoms with Gasteiger partial charge in [-0.3, -0.25) is 14.6 Å². The highest BCUT2D eigenvalue weighted by Crippen LogP contribution is 2.27. The van der Waals surface area contributed by atoms with E-state index >= 15 is 0 Å². The van der Waals surface area contributed by atoms with Crippen molar-refractivity contribution in [3.63, 3.8) is 0 Å². The number of nitrogens with zero attached hydrogens (tertiary/aromatic N) is 4. The van der Waals surface area contributed by atoms with Crippen LogP contribution < -0.4 is 5.32 Å². The van der Waals surface area contributed by atoms with Crippen LogP contribution >= 0.6 is 0 Å². The predicted octanol–water partition coefficient (Wildman–Crippen LogP) is 0.659. The summed E-state index contributed by atoms with van der Waals surface area (Å²) in [6.07, 6.45) is 4.99. The van der Waals surface area contributed by atoms with Gasteiger partial charge in [-0.2, -0.15) is 4.98 Å². The van der Waals surface area contributed by atoms with Gasteiger partial charge in [-0.25, -0.2) is 0 Å². The van der Waals surface area contributed by atoms with Crippen molar-refractivity contribution in [3.05, 3.63) is 30.4 Å². The molecule has 2 amide bonds. The zero-order valence-corrected chi connectivity index (χ0v) is 13.7. The zero-order chi connectivity index (χ0) is 17.2. The summed E-state index contributed by atoms with van der Waals surface area (Å²) in [6.45, 7) is 1.90. The van der Waals surface area contributed by atoms with Gasteiger partial charge in [0.05, 0.1) is 5.92 Å². The lowest BCUT2D eigenvalue weighted by Gasteiger charge is -2.16. The smallest absolute Gasteiger partial charge is 0.226 e. The fourth-order valence-corrected chi connectivity index (χ4v) is 3.46. The van der Waals surface area contributed by atoms with Gasteiger partial charge in [0.2, 0.25) is 23.5 Å². The van der Waals surface area contributed by atoms with Gasteiger partial charge in [-0.15, -0.1) is 0 Å². The highest BCUT2D eigenvalue weighted by molar-refractivity contribution is 5.84. The van der Waals surface area contributed by atoms with Crippen LogP contribution in [-0.4, -0.2) is 51.5 Å². The molecule has 0 unspecified atom stereocenters. The van der Waals surface area contributed by atoms with E-state index in [1.807, 2.05) is 17.0 Å². The first kappa shape index (κ1) is 15.7. The lowest BCUT2D eigenvalue weighted by atomic mass is 10.0. The van der Waals surface area contributed by atoms with Crippen molar-refractivity contribution in [2.24, 2.45) is 11.8 Å². The fourth-order valence-electron chi connectivity index (χ4n) is 3.46. The summed E-state index contributed by atoms with van der Waals surface area (Å²) in [5.74, 6) is 1.44. The highest BCUT2D eigenvalue weighted by Gasteiger charge is 2.43. The third-order valence-electron chi connectivity index (χ3n) is 4.84. The Balaban J connectivity index is 1.26. The van der Waals surface area contributed by atoms with E-state index < -0.39 is 0 Å². The Morgan fingerprint density at radius 2 is 2.32 bits per heavy atom. The van der Waals surface area contributed by atoms with E-state index in [9.17, 15) is 9.59 Å². The van der Waals surface area contributed by atoms with Gasteiger partial charge < -0.3 is 14.7 Å². The molecule has 8 nitrogen and oxygen atoms in total. The molecule has 2 fully saturated rings. The van der Waals surface area contributed by atoms with Crippen LogP contribution in [0.3, 0.4) is 0 Å². The second-order valence-electron chi connectivity index (χ2n) is 6.52. The molecule has 1 N–H and O–H groups in total. The van der Waals surface area contributed by atoms with Crippen molar-refractivity contribution in [1.29, 1.82) is 0 Å². The van der Waals surface area contributed by atoms with Crippen LogP contribution in [-0.2, 0) is 16.0 Å². The van der Waals surface area contributed by atoms with Crippen LogP contribution in [0.2, 0.25) is 0 Å². The predicted molar refractivity (Wildman–Crippen MR) is 87.0 cm³/mol. The standard InChI is InChI=1S/C17H19N5O3/c23-15(22-9-12-8-19-17(24)13(12)10-22)5-1-4-14-20-16(21-25-14)11-3-2-6-18-7-11/h2-3,6-7,12-13H,1,4-5,8-10H2,(H,19,24)/t12-,13+/m0/s1. The monoisotopic (exact) mass is 341 g/mol. The number of pyridine rings is 1. The molecule has 2 atom stereocenters. The van der Waals surface area contributed by atoms with E-state index in [-0.39, 0.29) is 23.7 Å². The van der Waals surface area contributed by atoms with Gasteiger partial charge in [0, 0.05) is 56.4 Å². The molecule has 2 aromatic heterocycles. The Hall–Kier alpha value is -2.77. The largest absolute Gasteiger partial charge is 0.355 e. The average Bonchev–Trinajstić information content (AvgIpc) is 3.34. The molecule has 2 aliphatic heterocycles. The van der Waals surface area contributed by atoms with Gasteiger partial charge in [0.25, 0.3) is 0 Å². The number of rotatable bonds is 5.